The van der Waals surface area contributed by atoms with E-state index in [1.54, 1.807) is 0 Å². The van der Waals surface area contributed by atoms with Crippen LogP contribution in [0.4, 0.5) is 0 Å². The SMILES string of the molecule is Clc1nc(C2=CCOCC2)c2ncn(C3CCN(Cc4ccccc4)CC3)c2n1. The summed E-state index contributed by atoms with van der Waals surface area (Å²) in [5.41, 5.74) is 5.05. The second-order valence-corrected chi connectivity index (χ2v) is 8.05. The molecule has 7 heteroatoms. The predicted molar refractivity (Wildman–Crippen MR) is 114 cm³/mol. The van der Waals surface area contributed by atoms with E-state index in [0.717, 1.165) is 61.3 Å². The summed E-state index contributed by atoms with van der Waals surface area (Å²) in [6, 6.07) is 11.1. The summed E-state index contributed by atoms with van der Waals surface area (Å²) in [5.74, 6) is 0. The molecule has 150 valence electrons. The van der Waals surface area contributed by atoms with Crippen LogP contribution in [-0.4, -0.2) is 50.7 Å². The molecule has 0 N–H and O–H groups in total. The predicted octanol–water partition coefficient (Wildman–Crippen LogP) is 4.12. The molecule has 2 aliphatic rings. The van der Waals surface area contributed by atoms with Crippen molar-refractivity contribution in [1.82, 2.24) is 24.4 Å². The van der Waals surface area contributed by atoms with Crippen molar-refractivity contribution in [3.8, 4) is 0 Å². The lowest BCUT2D eigenvalue weighted by Gasteiger charge is -2.32. The molecule has 4 heterocycles. The Morgan fingerprint density at radius 3 is 2.69 bits per heavy atom. The van der Waals surface area contributed by atoms with E-state index in [1.165, 1.54) is 5.56 Å². The van der Waals surface area contributed by atoms with Gasteiger partial charge in [0.15, 0.2) is 5.65 Å². The second kappa shape index (κ2) is 8.22. The smallest absolute Gasteiger partial charge is 0.225 e. The number of nitrogens with zero attached hydrogens (tertiary/aromatic N) is 5. The fourth-order valence-corrected chi connectivity index (χ4v) is 4.48. The Labute approximate surface area is 175 Å². The first kappa shape index (κ1) is 18.7. The zero-order chi connectivity index (χ0) is 19.6. The Balaban J connectivity index is 1.36. The Bertz CT molecular complexity index is 1020. The molecule has 2 aromatic heterocycles. The molecule has 1 aromatic carbocycles. The Morgan fingerprint density at radius 2 is 1.93 bits per heavy atom. The summed E-state index contributed by atoms with van der Waals surface area (Å²) in [6.07, 6.45) is 6.96. The van der Waals surface area contributed by atoms with E-state index >= 15 is 0 Å². The van der Waals surface area contributed by atoms with Gasteiger partial charge in [-0.15, -0.1) is 0 Å². The molecular weight excluding hydrogens is 386 g/mol. The molecule has 29 heavy (non-hydrogen) atoms. The molecule has 0 aliphatic carbocycles. The molecule has 0 unspecified atom stereocenters. The standard InChI is InChI=1S/C22H24ClN5O/c23-22-25-19(17-8-12-29-13-9-17)20-21(26-22)28(15-24-20)18-6-10-27(11-7-18)14-16-4-2-1-3-5-16/h1-5,8,15,18H,6-7,9-14H2. The molecule has 0 spiro atoms. The van der Waals surface area contributed by atoms with Crippen LogP contribution in [0.15, 0.2) is 42.7 Å². The quantitative estimate of drug-likeness (QED) is 0.606. The van der Waals surface area contributed by atoms with Crippen LogP contribution in [0.5, 0.6) is 0 Å². The van der Waals surface area contributed by atoms with Crippen LogP contribution in [0.3, 0.4) is 0 Å². The minimum Gasteiger partial charge on any atom is -0.377 e. The summed E-state index contributed by atoms with van der Waals surface area (Å²) >= 11 is 6.29. The molecule has 0 radical (unpaired) electrons. The Morgan fingerprint density at radius 1 is 1.10 bits per heavy atom. The number of fused-ring (bicyclic) bond motifs is 1. The molecule has 0 bridgehead atoms. The third-order valence-corrected chi connectivity index (χ3v) is 6.03. The van der Waals surface area contributed by atoms with Crippen molar-refractivity contribution < 1.29 is 4.74 Å². The van der Waals surface area contributed by atoms with Crippen molar-refractivity contribution in [3.05, 3.63) is 59.3 Å². The number of aromatic nitrogens is 4. The van der Waals surface area contributed by atoms with Crippen LogP contribution in [0, 0.1) is 0 Å². The van der Waals surface area contributed by atoms with Crippen molar-refractivity contribution in [1.29, 1.82) is 0 Å². The topological polar surface area (TPSA) is 56.1 Å². The van der Waals surface area contributed by atoms with Gasteiger partial charge in [-0.3, -0.25) is 4.90 Å². The van der Waals surface area contributed by atoms with E-state index < -0.39 is 0 Å². The maximum atomic E-state index is 6.29. The van der Waals surface area contributed by atoms with Gasteiger partial charge in [0.1, 0.15) is 5.52 Å². The second-order valence-electron chi connectivity index (χ2n) is 7.71. The van der Waals surface area contributed by atoms with Gasteiger partial charge in [-0.2, -0.15) is 4.98 Å². The van der Waals surface area contributed by atoms with Gasteiger partial charge in [-0.1, -0.05) is 36.4 Å². The van der Waals surface area contributed by atoms with E-state index in [1.807, 2.05) is 6.33 Å². The molecule has 1 fully saturated rings. The van der Waals surface area contributed by atoms with Crippen molar-refractivity contribution in [3.63, 3.8) is 0 Å². The first-order chi connectivity index (χ1) is 14.3. The minimum atomic E-state index is 0.281. The van der Waals surface area contributed by atoms with Crippen molar-refractivity contribution >= 4 is 28.3 Å². The lowest BCUT2D eigenvalue weighted by molar-refractivity contribution is 0.161. The lowest BCUT2D eigenvalue weighted by Crippen LogP contribution is -2.34. The highest BCUT2D eigenvalue weighted by atomic mass is 35.5. The van der Waals surface area contributed by atoms with Gasteiger partial charge >= 0.3 is 0 Å². The first-order valence-electron chi connectivity index (χ1n) is 10.2. The summed E-state index contributed by atoms with van der Waals surface area (Å²) in [6.45, 7) is 4.45. The Hall–Kier alpha value is -2.28. The van der Waals surface area contributed by atoms with Crippen LogP contribution in [-0.2, 0) is 11.3 Å². The number of ether oxygens (including phenoxy) is 1. The van der Waals surface area contributed by atoms with Crippen LogP contribution in [0.1, 0.15) is 36.6 Å². The molecular formula is C22H24ClN5O. The van der Waals surface area contributed by atoms with Gasteiger partial charge in [-0.25, -0.2) is 9.97 Å². The third-order valence-electron chi connectivity index (χ3n) is 5.86. The summed E-state index contributed by atoms with van der Waals surface area (Å²) in [5, 5.41) is 0.281. The first-order valence-corrected chi connectivity index (χ1v) is 10.6. The van der Waals surface area contributed by atoms with E-state index in [4.69, 9.17) is 16.3 Å². The molecule has 3 aromatic rings. The molecule has 0 atom stereocenters. The van der Waals surface area contributed by atoms with Crippen LogP contribution in [0.2, 0.25) is 5.28 Å². The number of hydrogen-bond donors (Lipinski definition) is 0. The monoisotopic (exact) mass is 409 g/mol. The largest absolute Gasteiger partial charge is 0.377 e. The molecule has 6 nitrogen and oxygen atoms in total. The van der Waals surface area contributed by atoms with Crippen molar-refractivity contribution in [2.75, 3.05) is 26.3 Å². The van der Waals surface area contributed by atoms with E-state index in [9.17, 15) is 0 Å². The van der Waals surface area contributed by atoms with E-state index in [-0.39, 0.29) is 5.28 Å². The zero-order valence-corrected chi connectivity index (χ0v) is 17.1. The number of imidazole rings is 1. The summed E-state index contributed by atoms with van der Waals surface area (Å²) < 4.78 is 7.63. The van der Waals surface area contributed by atoms with Gasteiger partial charge in [0, 0.05) is 25.7 Å². The summed E-state index contributed by atoms with van der Waals surface area (Å²) in [7, 11) is 0. The van der Waals surface area contributed by atoms with Crippen molar-refractivity contribution in [2.24, 2.45) is 0 Å². The van der Waals surface area contributed by atoms with E-state index in [0.29, 0.717) is 19.3 Å². The molecule has 0 saturated carbocycles. The zero-order valence-electron chi connectivity index (χ0n) is 16.3. The fourth-order valence-electron chi connectivity index (χ4n) is 4.32. The van der Waals surface area contributed by atoms with E-state index in [2.05, 4.69) is 60.8 Å². The van der Waals surface area contributed by atoms with Crippen LogP contribution >= 0.6 is 11.6 Å². The average Bonchev–Trinajstić information content (AvgIpc) is 3.19. The highest BCUT2D eigenvalue weighted by Crippen LogP contribution is 2.31. The fraction of sp³-hybridized carbons (Fsp3) is 0.409. The molecule has 1 saturated heterocycles. The third kappa shape index (κ3) is 3.92. The van der Waals surface area contributed by atoms with Crippen LogP contribution in [0.25, 0.3) is 16.7 Å². The Kier molecular flexibility index (Phi) is 5.31. The summed E-state index contributed by atoms with van der Waals surface area (Å²) in [4.78, 5) is 16.2. The van der Waals surface area contributed by atoms with Gasteiger partial charge < -0.3 is 9.30 Å². The number of rotatable bonds is 4. The van der Waals surface area contributed by atoms with Gasteiger partial charge in [0.2, 0.25) is 5.28 Å². The lowest BCUT2D eigenvalue weighted by atomic mass is 10.0. The van der Waals surface area contributed by atoms with Crippen molar-refractivity contribution in [2.45, 2.75) is 31.8 Å². The maximum Gasteiger partial charge on any atom is 0.225 e. The number of likely N-dealkylation sites (tertiary alicyclic amines) is 1. The molecule has 0 amide bonds. The number of piperidine rings is 1. The maximum absolute atomic E-state index is 6.29. The molecule has 2 aliphatic heterocycles. The van der Waals surface area contributed by atoms with Gasteiger partial charge in [0.05, 0.1) is 25.2 Å². The highest BCUT2D eigenvalue weighted by Gasteiger charge is 2.24. The highest BCUT2D eigenvalue weighted by molar-refractivity contribution is 6.28. The van der Waals surface area contributed by atoms with Gasteiger partial charge in [-0.05, 0) is 42.0 Å². The molecule has 5 rings (SSSR count). The van der Waals surface area contributed by atoms with Crippen LogP contribution < -0.4 is 0 Å². The normalized spacial score (nSPS) is 18.9. The minimum absolute atomic E-state index is 0.281. The number of hydrogen-bond acceptors (Lipinski definition) is 5. The number of benzene rings is 1. The number of halogens is 1. The van der Waals surface area contributed by atoms with Gasteiger partial charge in [0.25, 0.3) is 0 Å². The average molecular weight is 410 g/mol.